The van der Waals surface area contributed by atoms with E-state index >= 15 is 0 Å². The maximum Gasteiger partial charge on any atom is 0.326 e. The predicted molar refractivity (Wildman–Crippen MR) is 96.8 cm³/mol. The van der Waals surface area contributed by atoms with Crippen LogP contribution in [0.2, 0.25) is 0 Å². The van der Waals surface area contributed by atoms with Gasteiger partial charge in [-0.2, -0.15) is 5.10 Å². The number of aromatic nitrogens is 3. The van der Waals surface area contributed by atoms with E-state index in [-0.39, 0.29) is 17.7 Å². The smallest absolute Gasteiger partial charge is 0.326 e. The van der Waals surface area contributed by atoms with E-state index in [9.17, 15) is 19.8 Å². The van der Waals surface area contributed by atoms with Crippen molar-refractivity contribution in [2.45, 2.75) is 19.4 Å². The quantitative estimate of drug-likeness (QED) is 0.611. The summed E-state index contributed by atoms with van der Waals surface area (Å²) in [5, 5.41) is 25.5. The van der Waals surface area contributed by atoms with Gasteiger partial charge in [0.25, 0.3) is 5.91 Å². The molecular formula is C19H18N4O4. The minimum absolute atomic E-state index is 0.0900. The molecule has 8 nitrogen and oxygen atoms in total. The number of aromatic hydroxyl groups is 1. The molecule has 1 unspecified atom stereocenters. The lowest BCUT2D eigenvalue weighted by Crippen LogP contribution is -2.42. The van der Waals surface area contributed by atoms with Crippen LogP contribution in [0.15, 0.2) is 54.9 Å². The first-order chi connectivity index (χ1) is 13.0. The van der Waals surface area contributed by atoms with E-state index in [1.165, 1.54) is 23.0 Å². The van der Waals surface area contributed by atoms with Crippen molar-refractivity contribution in [1.82, 2.24) is 20.1 Å². The molecule has 0 fully saturated rings. The highest BCUT2D eigenvalue weighted by Gasteiger charge is 2.23. The number of nitrogens with one attached hydrogen (secondary N) is 1. The lowest BCUT2D eigenvalue weighted by molar-refractivity contribution is -0.139. The SMILES string of the molecule is Cc1c(C(=O)NC(Cc2ccc(O)cc2)C(=O)O)cnn1-c1ccccn1. The molecular weight excluding hydrogens is 348 g/mol. The number of pyridine rings is 1. The molecule has 2 heterocycles. The number of carbonyl (C=O) groups is 2. The molecule has 3 aromatic rings. The highest BCUT2D eigenvalue weighted by molar-refractivity contribution is 5.97. The first-order valence-electron chi connectivity index (χ1n) is 8.23. The molecule has 1 aromatic carbocycles. The second-order valence-corrected chi connectivity index (χ2v) is 5.98. The first-order valence-corrected chi connectivity index (χ1v) is 8.23. The lowest BCUT2D eigenvalue weighted by atomic mass is 10.1. The average Bonchev–Trinajstić information content (AvgIpc) is 3.05. The van der Waals surface area contributed by atoms with Crippen LogP contribution in [-0.2, 0) is 11.2 Å². The Morgan fingerprint density at radius 3 is 2.56 bits per heavy atom. The highest BCUT2D eigenvalue weighted by Crippen LogP contribution is 2.14. The average molecular weight is 366 g/mol. The van der Waals surface area contributed by atoms with Crippen molar-refractivity contribution in [2.24, 2.45) is 0 Å². The third-order valence-corrected chi connectivity index (χ3v) is 4.10. The Kier molecular flexibility index (Phi) is 5.16. The molecule has 0 bridgehead atoms. The molecule has 138 valence electrons. The van der Waals surface area contributed by atoms with Crippen LogP contribution in [0.4, 0.5) is 0 Å². The fourth-order valence-corrected chi connectivity index (χ4v) is 2.65. The number of hydrogen-bond donors (Lipinski definition) is 3. The molecule has 0 aliphatic carbocycles. The first kappa shape index (κ1) is 18.1. The van der Waals surface area contributed by atoms with Gasteiger partial charge in [-0.1, -0.05) is 18.2 Å². The van der Waals surface area contributed by atoms with Gasteiger partial charge in [0.15, 0.2) is 5.82 Å². The molecule has 3 N–H and O–H groups in total. The summed E-state index contributed by atoms with van der Waals surface area (Å²) in [5.41, 5.74) is 1.51. The maximum absolute atomic E-state index is 12.6. The number of phenols is 1. The lowest BCUT2D eigenvalue weighted by Gasteiger charge is -2.14. The minimum atomic E-state index is -1.15. The van der Waals surface area contributed by atoms with Gasteiger partial charge in [-0.3, -0.25) is 4.79 Å². The normalized spacial score (nSPS) is 11.7. The summed E-state index contributed by atoms with van der Waals surface area (Å²) in [4.78, 5) is 28.3. The van der Waals surface area contributed by atoms with Crippen LogP contribution in [0.25, 0.3) is 5.82 Å². The molecule has 0 spiro atoms. The topological polar surface area (TPSA) is 117 Å². The molecule has 0 saturated heterocycles. The second-order valence-electron chi connectivity index (χ2n) is 5.98. The van der Waals surface area contributed by atoms with Gasteiger partial charge in [-0.15, -0.1) is 0 Å². The molecule has 2 aromatic heterocycles. The summed E-state index contributed by atoms with van der Waals surface area (Å²) in [6, 6.07) is 10.4. The monoisotopic (exact) mass is 366 g/mol. The third-order valence-electron chi connectivity index (χ3n) is 4.10. The van der Waals surface area contributed by atoms with Crippen LogP contribution >= 0.6 is 0 Å². The Labute approximate surface area is 155 Å². The van der Waals surface area contributed by atoms with Crippen molar-refractivity contribution in [1.29, 1.82) is 0 Å². The number of benzene rings is 1. The van der Waals surface area contributed by atoms with Crippen molar-refractivity contribution < 1.29 is 19.8 Å². The zero-order valence-electron chi connectivity index (χ0n) is 14.5. The molecule has 0 saturated carbocycles. The Morgan fingerprint density at radius 1 is 1.19 bits per heavy atom. The van der Waals surface area contributed by atoms with Crippen LogP contribution in [0, 0.1) is 6.92 Å². The summed E-state index contributed by atoms with van der Waals surface area (Å²) in [5.74, 6) is -1.02. The Morgan fingerprint density at radius 2 is 1.93 bits per heavy atom. The van der Waals surface area contributed by atoms with E-state index in [1.807, 2.05) is 0 Å². The van der Waals surface area contributed by atoms with Crippen LogP contribution in [0.1, 0.15) is 21.6 Å². The Hall–Kier alpha value is -3.68. The van der Waals surface area contributed by atoms with Gasteiger partial charge in [0, 0.05) is 12.6 Å². The van der Waals surface area contributed by atoms with Crippen LogP contribution in [-0.4, -0.2) is 42.9 Å². The Bertz CT molecular complexity index is 952. The summed E-state index contributed by atoms with van der Waals surface area (Å²) >= 11 is 0. The minimum Gasteiger partial charge on any atom is -0.508 e. The molecule has 27 heavy (non-hydrogen) atoms. The van der Waals surface area contributed by atoms with E-state index < -0.39 is 17.9 Å². The van der Waals surface area contributed by atoms with Crippen LogP contribution in [0.5, 0.6) is 5.75 Å². The number of aliphatic carboxylic acids is 1. The summed E-state index contributed by atoms with van der Waals surface area (Å²) in [6.45, 7) is 1.71. The molecule has 3 rings (SSSR count). The van der Waals surface area contributed by atoms with Crippen molar-refractivity contribution in [3.05, 3.63) is 71.7 Å². The van der Waals surface area contributed by atoms with Crippen molar-refractivity contribution in [2.75, 3.05) is 0 Å². The largest absolute Gasteiger partial charge is 0.508 e. The van der Waals surface area contributed by atoms with Gasteiger partial charge in [0.2, 0.25) is 0 Å². The van der Waals surface area contributed by atoms with Crippen LogP contribution in [0.3, 0.4) is 0 Å². The number of carbonyl (C=O) groups excluding carboxylic acids is 1. The van der Waals surface area contributed by atoms with Gasteiger partial charge in [-0.25, -0.2) is 14.5 Å². The fourth-order valence-electron chi connectivity index (χ4n) is 2.65. The molecule has 8 heteroatoms. The molecule has 1 amide bonds. The van der Waals surface area contributed by atoms with E-state index in [0.29, 0.717) is 17.1 Å². The number of amides is 1. The van der Waals surface area contributed by atoms with Gasteiger partial charge in [-0.05, 0) is 36.8 Å². The van der Waals surface area contributed by atoms with Crippen molar-refractivity contribution >= 4 is 11.9 Å². The number of hydrogen-bond acceptors (Lipinski definition) is 5. The summed E-state index contributed by atoms with van der Waals surface area (Å²) < 4.78 is 1.52. The van der Waals surface area contributed by atoms with E-state index in [4.69, 9.17) is 0 Å². The molecule has 0 aliphatic heterocycles. The number of carboxylic acid groups (broad SMARTS) is 1. The third kappa shape index (κ3) is 4.12. The maximum atomic E-state index is 12.6. The zero-order chi connectivity index (χ0) is 19.4. The van der Waals surface area contributed by atoms with Gasteiger partial charge >= 0.3 is 5.97 Å². The summed E-state index contributed by atoms with van der Waals surface area (Å²) in [7, 11) is 0. The fraction of sp³-hybridized carbons (Fsp3) is 0.158. The molecule has 0 aliphatic rings. The van der Waals surface area contributed by atoms with E-state index in [1.54, 1.807) is 43.5 Å². The predicted octanol–water partition coefficient (Wildman–Crippen LogP) is 1.71. The second kappa shape index (κ2) is 7.69. The van der Waals surface area contributed by atoms with Crippen molar-refractivity contribution in [3.63, 3.8) is 0 Å². The number of rotatable bonds is 6. The van der Waals surface area contributed by atoms with Crippen molar-refractivity contribution in [3.8, 4) is 11.6 Å². The number of nitrogens with zero attached hydrogens (tertiary/aromatic N) is 3. The summed E-state index contributed by atoms with van der Waals surface area (Å²) in [6.07, 6.45) is 3.10. The molecule has 0 radical (unpaired) electrons. The van der Waals surface area contributed by atoms with Crippen LogP contribution < -0.4 is 5.32 Å². The molecule has 1 atom stereocenters. The van der Waals surface area contributed by atoms with Gasteiger partial charge in [0.1, 0.15) is 11.8 Å². The van der Waals surface area contributed by atoms with Gasteiger partial charge in [0.05, 0.1) is 17.5 Å². The van der Waals surface area contributed by atoms with E-state index in [2.05, 4.69) is 15.4 Å². The number of carboxylic acids is 1. The number of phenolic OH excluding ortho intramolecular Hbond substituents is 1. The van der Waals surface area contributed by atoms with Gasteiger partial charge < -0.3 is 15.5 Å². The highest BCUT2D eigenvalue weighted by atomic mass is 16.4. The zero-order valence-corrected chi connectivity index (χ0v) is 14.5. The van der Waals surface area contributed by atoms with E-state index in [0.717, 1.165) is 0 Å². The Balaban J connectivity index is 1.77. The standard InChI is InChI=1S/C19H18N4O4/c1-12-15(11-21-23(12)17-4-2-3-9-20-17)18(25)22-16(19(26)27)10-13-5-7-14(24)8-6-13/h2-9,11,16,24H,10H2,1H3,(H,22,25)(H,26,27).